The van der Waals surface area contributed by atoms with Crippen LogP contribution in [0.25, 0.3) is 0 Å². The van der Waals surface area contributed by atoms with Crippen LogP contribution < -0.4 is 0 Å². The first-order valence-corrected chi connectivity index (χ1v) is 32.2. The van der Waals surface area contributed by atoms with Gasteiger partial charge in [0.05, 0.1) is 17.7 Å². The van der Waals surface area contributed by atoms with E-state index in [4.69, 9.17) is 37.9 Å². The molecular formula is C70H92N2O17. The molecule has 12 bridgehead atoms. The van der Waals surface area contributed by atoms with E-state index in [1.807, 2.05) is 0 Å². The van der Waals surface area contributed by atoms with Crippen LogP contribution in [0.4, 0.5) is 0 Å². The number of fused-ring (bicyclic) bond motifs is 2. The molecule has 2 aliphatic heterocycles. The van der Waals surface area contributed by atoms with Crippen molar-refractivity contribution < 1.29 is 81.4 Å². The molecular weight excluding hydrogens is 1140 g/mol. The summed E-state index contributed by atoms with van der Waals surface area (Å²) in [6.45, 7) is 31.9. The molecule has 19 heteroatoms. The van der Waals surface area contributed by atoms with Crippen LogP contribution >= 0.6 is 0 Å². The van der Waals surface area contributed by atoms with Gasteiger partial charge in [0.15, 0.2) is 17.4 Å². The molecule has 89 heavy (non-hydrogen) atoms. The Morgan fingerprint density at radius 1 is 0.573 bits per heavy atom. The Hall–Kier alpha value is -6.60. The van der Waals surface area contributed by atoms with E-state index in [1.54, 1.807) is 27.7 Å². The van der Waals surface area contributed by atoms with E-state index in [9.17, 15) is 54.0 Å². The molecule has 0 aromatic carbocycles. The summed E-state index contributed by atoms with van der Waals surface area (Å²) < 4.78 is 42.9. The molecule has 0 radical (unpaired) electrons. The van der Waals surface area contributed by atoms with Crippen LogP contribution in [0.5, 0.6) is 0 Å². The van der Waals surface area contributed by atoms with Crippen LogP contribution in [0.15, 0.2) is 60.8 Å². The fourth-order valence-corrected chi connectivity index (χ4v) is 18.9. The second-order valence-electron chi connectivity index (χ2n) is 29.8. The summed E-state index contributed by atoms with van der Waals surface area (Å²) in [6, 6.07) is 4.20. The Morgan fingerprint density at radius 2 is 1.00 bits per heavy atom. The van der Waals surface area contributed by atoms with Crippen molar-refractivity contribution in [3.63, 3.8) is 0 Å². The van der Waals surface area contributed by atoms with Crippen LogP contribution in [-0.2, 0) is 76.3 Å². The number of carbonyl (C=O) groups is 8. The highest BCUT2D eigenvalue weighted by Crippen LogP contribution is 2.66. The van der Waals surface area contributed by atoms with E-state index in [1.165, 1.54) is 64.7 Å². The van der Waals surface area contributed by atoms with Crippen molar-refractivity contribution in [2.24, 2.45) is 69.5 Å². The number of esters is 8. The molecule has 0 spiro atoms. The zero-order chi connectivity index (χ0) is 65.1. The van der Waals surface area contributed by atoms with Gasteiger partial charge in [-0.3, -0.25) is 9.59 Å². The summed E-state index contributed by atoms with van der Waals surface area (Å²) >= 11 is 0. The molecule has 15 rings (SSSR count). The van der Waals surface area contributed by atoms with Gasteiger partial charge in [-0.25, -0.2) is 28.8 Å². The van der Waals surface area contributed by atoms with Gasteiger partial charge in [0.1, 0.15) is 41.2 Å². The van der Waals surface area contributed by atoms with Crippen LogP contribution in [0.3, 0.4) is 0 Å². The van der Waals surface area contributed by atoms with E-state index in [2.05, 4.69) is 65.8 Å². The number of carbonyl (C=O) groups excluding carboxylic acids is 8. The number of hydrogen-bond donors (Lipinski definition) is 1. The van der Waals surface area contributed by atoms with E-state index < -0.39 is 82.9 Å². The Labute approximate surface area is 523 Å². The second kappa shape index (κ2) is 24.9. The third kappa shape index (κ3) is 12.9. The minimum absolute atomic E-state index is 0.0504. The molecule has 0 aromatic heterocycles. The van der Waals surface area contributed by atoms with Crippen molar-refractivity contribution in [1.82, 2.24) is 0 Å². The second-order valence-corrected chi connectivity index (χ2v) is 29.8. The van der Waals surface area contributed by atoms with Crippen molar-refractivity contribution in [3.8, 4) is 12.1 Å². The predicted octanol–water partition coefficient (Wildman–Crippen LogP) is 10.6. The molecule has 15 aliphatic rings. The molecule has 12 atom stereocenters. The molecule has 484 valence electrons. The lowest BCUT2D eigenvalue weighted by molar-refractivity contribution is -0.217. The van der Waals surface area contributed by atoms with Crippen LogP contribution in [0.1, 0.15) is 190 Å². The first kappa shape index (κ1) is 66.8. The third-order valence-electron chi connectivity index (χ3n) is 22.5. The van der Waals surface area contributed by atoms with Gasteiger partial charge in [0, 0.05) is 63.4 Å². The Bertz CT molecular complexity index is 3010. The molecule has 15 fully saturated rings. The number of nitrogens with zero attached hydrogens (tertiary/aromatic N) is 2. The normalized spacial score (nSPS) is 38.5. The average molecular weight is 1230 g/mol. The zero-order valence-corrected chi connectivity index (χ0v) is 53.5. The standard InChI is InChI=1S/C17H26O2.C15H15NO6.C14H20O3.C13H13NO4.C11H18O2/c1-11(2)15(18)19-16(3,4)17-8-12-5-13(9-17)7-14(6-12)10-17;1-7(2)13(18)20-5-10(17)21-11-8-3-9-12(11)22-14(19)15(9,4-8)6-16;1-9(2)12(15)17-14-6-10-3-11(7-14)5-13(16,4-10)8-14;1-6(2)11(15)17-9-7-3-8-10(9)18-12(16)13(8,4-7)5-14;1-4-11(7-5-6-8-11)13-10(12)9(2)3/h12-14H,1,5-10H2,2-4H3;8-9,11-12H,1,3-5H2,2H3;10-11,16H,1,3-8H2,2H3;7-10H,1,3-4H2,2H3;2,4-8H2,1,3H3. The van der Waals surface area contributed by atoms with Gasteiger partial charge in [0.25, 0.3) is 0 Å². The molecule has 0 amide bonds. The number of rotatable bonds is 14. The van der Waals surface area contributed by atoms with Gasteiger partial charge in [-0.2, -0.15) is 10.5 Å². The van der Waals surface area contributed by atoms with Gasteiger partial charge >= 0.3 is 47.8 Å². The molecule has 13 saturated carbocycles. The summed E-state index contributed by atoms with van der Waals surface area (Å²) in [5, 5.41) is 29.0. The highest BCUT2D eigenvalue weighted by Gasteiger charge is 2.74. The average Bonchev–Trinajstić information content (AvgIpc) is 1.64. The zero-order valence-electron chi connectivity index (χ0n) is 53.5. The quantitative estimate of drug-likeness (QED) is 0.0961. The van der Waals surface area contributed by atoms with Crippen molar-refractivity contribution in [2.45, 2.75) is 237 Å². The number of aliphatic hydroxyl groups is 1. The SMILES string of the molecule is C=C(C)C(=O)OC(C)(C)C12CC3CC(CC(C3)C1)C2.C=C(C)C(=O)OC1(CC)CCCC1.C=C(C)C(=O)OC12CC3CC(CC(O)(C3)C1)C2.C=C(C)C(=O)OC1C2CC3C1OC(=O)C3(C#N)C2.C=C(C)C(=O)OCC(=O)OC1C2CC3C1OC(=O)C3(C#N)C2. The van der Waals surface area contributed by atoms with E-state index >= 15 is 0 Å². The van der Waals surface area contributed by atoms with E-state index in [-0.39, 0.29) is 63.8 Å². The highest BCUT2D eigenvalue weighted by atomic mass is 16.6. The van der Waals surface area contributed by atoms with Gasteiger partial charge in [-0.05, 0) is 206 Å². The minimum Gasteiger partial charge on any atom is -0.457 e. The molecule has 12 unspecified atom stereocenters. The molecule has 0 aromatic rings. The van der Waals surface area contributed by atoms with Crippen molar-refractivity contribution >= 4 is 47.8 Å². The monoisotopic (exact) mass is 1230 g/mol. The Morgan fingerprint density at radius 3 is 1.42 bits per heavy atom. The summed E-state index contributed by atoms with van der Waals surface area (Å²) in [6.07, 6.45) is 19.0. The maximum Gasteiger partial charge on any atom is 0.344 e. The lowest BCUT2D eigenvalue weighted by Gasteiger charge is -2.61. The molecule has 2 saturated heterocycles. The van der Waals surface area contributed by atoms with Gasteiger partial charge in [-0.1, -0.05) is 39.8 Å². The van der Waals surface area contributed by atoms with Gasteiger partial charge in [0.2, 0.25) is 0 Å². The summed E-state index contributed by atoms with van der Waals surface area (Å²) in [5.41, 5.74) is -1.32. The Kier molecular flexibility index (Phi) is 18.7. The van der Waals surface area contributed by atoms with Crippen molar-refractivity contribution in [2.75, 3.05) is 6.61 Å². The molecule has 1 N–H and O–H groups in total. The predicted molar refractivity (Wildman–Crippen MR) is 320 cm³/mol. The lowest BCUT2D eigenvalue weighted by atomic mass is 9.46. The minimum atomic E-state index is -1.06. The van der Waals surface area contributed by atoms with E-state index in [0.717, 1.165) is 69.1 Å². The molecule has 19 nitrogen and oxygen atoms in total. The van der Waals surface area contributed by atoms with Gasteiger partial charge in [-0.15, -0.1) is 0 Å². The largest absolute Gasteiger partial charge is 0.457 e. The Balaban J connectivity index is 0.000000133. The lowest BCUT2D eigenvalue weighted by Crippen LogP contribution is -2.60. The van der Waals surface area contributed by atoms with E-state index in [0.29, 0.717) is 59.8 Å². The number of ether oxygens (including phenoxy) is 8. The number of hydrogen-bond acceptors (Lipinski definition) is 19. The first-order valence-electron chi connectivity index (χ1n) is 32.2. The fourth-order valence-electron chi connectivity index (χ4n) is 18.9. The summed E-state index contributed by atoms with van der Waals surface area (Å²) in [5.74, 6) is -0.159. The van der Waals surface area contributed by atoms with Crippen molar-refractivity contribution in [3.05, 3.63) is 60.8 Å². The first-order chi connectivity index (χ1) is 41.7. The van der Waals surface area contributed by atoms with Crippen LogP contribution in [0.2, 0.25) is 0 Å². The van der Waals surface area contributed by atoms with Crippen LogP contribution in [-0.4, -0.2) is 106 Å². The summed E-state index contributed by atoms with van der Waals surface area (Å²) in [7, 11) is 0. The van der Waals surface area contributed by atoms with Crippen molar-refractivity contribution in [1.29, 1.82) is 10.5 Å². The fraction of sp³-hybridized carbons (Fsp3) is 0.714. The maximum absolute atomic E-state index is 11.9. The van der Waals surface area contributed by atoms with Gasteiger partial charge < -0.3 is 43.0 Å². The highest BCUT2D eigenvalue weighted by molar-refractivity contribution is 5.90. The smallest absolute Gasteiger partial charge is 0.344 e. The summed E-state index contributed by atoms with van der Waals surface area (Å²) in [4.78, 5) is 93.3. The molecule has 13 aliphatic carbocycles. The number of nitriles is 2. The van der Waals surface area contributed by atoms with Crippen LogP contribution in [0, 0.1) is 92.2 Å². The maximum atomic E-state index is 11.9. The third-order valence-corrected chi connectivity index (χ3v) is 22.5. The topological polar surface area (TPSA) is 278 Å². The molecule has 2 heterocycles.